The number of nitrogens with one attached hydrogen (secondary N) is 1. The normalized spacial score (nSPS) is 11.7. The van der Waals surface area contributed by atoms with E-state index in [9.17, 15) is 18.5 Å². The number of nitrogens with zero attached hydrogens (tertiary/aromatic N) is 2. The molecule has 1 aromatic rings. The SMILES string of the molecule is CCCN(C)S(=O)(=O)c1cc([N+](=O)[O-])c(NCC)cc1C. The Morgan fingerprint density at radius 2 is 1.95 bits per heavy atom. The molecule has 0 aliphatic rings. The summed E-state index contributed by atoms with van der Waals surface area (Å²) in [7, 11) is -2.24. The van der Waals surface area contributed by atoms with Crippen LogP contribution in [0, 0.1) is 17.0 Å². The average Bonchev–Trinajstić information content (AvgIpc) is 2.38. The Balaban J connectivity index is 3.44. The van der Waals surface area contributed by atoms with Crippen molar-refractivity contribution < 1.29 is 13.3 Å². The van der Waals surface area contributed by atoms with E-state index >= 15 is 0 Å². The van der Waals surface area contributed by atoms with Gasteiger partial charge in [-0.3, -0.25) is 10.1 Å². The molecule has 0 aliphatic heterocycles. The van der Waals surface area contributed by atoms with Gasteiger partial charge in [0.15, 0.2) is 0 Å². The maximum atomic E-state index is 12.5. The number of nitro groups is 1. The van der Waals surface area contributed by atoms with E-state index in [0.717, 1.165) is 6.07 Å². The van der Waals surface area contributed by atoms with Crippen LogP contribution in [0.4, 0.5) is 11.4 Å². The topological polar surface area (TPSA) is 92.5 Å². The zero-order valence-corrected chi connectivity index (χ0v) is 13.5. The van der Waals surface area contributed by atoms with Crippen molar-refractivity contribution in [2.24, 2.45) is 0 Å². The molecule has 0 unspecified atom stereocenters. The Bertz CT molecular complexity index is 629. The van der Waals surface area contributed by atoms with Gasteiger partial charge in [0.2, 0.25) is 10.0 Å². The van der Waals surface area contributed by atoms with E-state index in [0.29, 0.717) is 30.8 Å². The fourth-order valence-electron chi connectivity index (χ4n) is 2.04. The highest BCUT2D eigenvalue weighted by atomic mass is 32.2. The fraction of sp³-hybridized carbons (Fsp3) is 0.538. The lowest BCUT2D eigenvalue weighted by Crippen LogP contribution is -2.28. The first-order valence-corrected chi connectivity index (χ1v) is 8.18. The summed E-state index contributed by atoms with van der Waals surface area (Å²) in [4.78, 5) is 10.5. The monoisotopic (exact) mass is 315 g/mol. The van der Waals surface area contributed by atoms with Crippen molar-refractivity contribution in [3.63, 3.8) is 0 Å². The van der Waals surface area contributed by atoms with Gasteiger partial charge in [-0.2, -0.15) is 0 Å². The van der Waals surface area contributed by atoms with Crippen molar-refractivity contribution in [1.82, 2.24) is 4.31 Å². The maximum Gasteiger partial charge on any atom is 0.293 e. The Kier molecular flexibility index (Phi) is 5.68. The van der Waals surface area contributed by atoms with Crippen molar-refractivity contribution in [2.45, 2.75) is 32.1 Å². The van der Waals surface area contributed by atoms with E-state index in [-0.39, 0.29) is 10.6 Å². The van der Waals surface area contributed by atoms with Gasteiger partial charge >= 0.3 is 0 Å². The van der Waals surface area contributed by atoms with Crippen molar-refractivity contribution >= 4 is 21.4 Å². The van der Waals surface area contributed by atoms with E-state index < -0.39 is 14.9 Å². The Morgan fingerprint density at radius 3 is 2.43 bits per heavy atom. The van der Waals surface area contributed by atoms with Gasteiger partial charge in [0.1, 0.15) is 5.69 Å². The summed E-state index contributed by atoms with van der Waals surface area (Å²) in [6, 6.07) is 2.64. The predicted octanol–water partition coefficient (Wildman–Crippen LogP) is 2.37. The molecule has 0 spiro atoms. The van der Waals surface area contributed by atoms with Crippen molar-refractivity contribution in [2.75, 3.05) is 25.5 Å². The molecule has 1 rings (SSSR count). The summed E-state index contributed by atoms with van der Waals surface area (Å²) < 4.78 is 26.2. The molecular formula is C13H21N3O4S. The summed E-state index contributed by atoms with van der Waals surface area (Å²) >= 11 is 0. The lowest BCUT2D eigenvalue weighted by molar-refractivity contribution is -0.384. The van der Waals surface area contributed by atoms with E-state index in [1.54, 1.807) is 6.92 Å². The standard InChI is InChI=1S/C13H21N3O4S/c1-5-7-15(4)21(19,20)13-9-12(16(17)18)11(14-6-2)8-10(13)3/h8-9,14H,5-7H2,1-4H3. The molecule has 0 amide bonds. The number of nitro benzene ring substituents is 1. The molecule has 0 aromatic heterocycles. The largest absolute Gasteiger partial charge is 0.380 e. The van der Waals surface area contributed by atoms with Crippen LogP contribution in [-0.2, 0) is 10.0 Å². The summed E-state index contributed by atoms with van der Waals surface area (Å²) in [5.74, 6) is 0. The van der Waals surface area contributed by atoms with Gasteiger partial charge in [0, 0.05) is 26.2 Å². The first-order valence-electron chi connectivity index (χ1n) is 6.74. The maximum absolute atomic E-state index is 12.5. The molecule has 0 saturated heterocycles. The number of hydrogen-bond donors (Lipinski definition) is 1. The number of aryl methyl sites for hydroxylation is 1. The summed E-state index contributed by atoms with van der Waals surface area (Å²) in [6.45, 7) is 6.21. The van der Waals surface area contributed by atoms with Crippen molar-refractivity contribution in [3.05, 3.63) is 27.8 Å². The molecule has 7 nitrogen and oxygen atoms in total. The molecule has 0 bridgehead atoms. The molecule has 1 aromatic carbocycles. The first-order chi connectivity index (χ1) is 9.75. The third-order valence-corrected chi connectivity index (χ3v) is 5.08. The number of hydrogen-bond acceptors (Lipinski definition) is 5. The molecule has 8 heteroatoms. The molecule has 0 aliphatic carbocycles. The van der Waals surface area contributed by atoms with E-state index in [4.69, 9.17) is 0 Å². The molecule has 0 radical (unpaired) electrons. The number of benzene rings is 1. The lowest BCUT2D eigenvalue weighted by Gasteiger charge is -2.18. The number of rotatable bonds is 7. The molecule has 0 fully saturated rings. The van der Waals surface area contributed by atoms with Crippen molar-refractivity contribution in [3.8, 4) is 0 Å². The van der Waals surface area contributed by atoms with E-state index in [1.807, 2.05) is 13.8 Å². The highest BCUT2D eigenvalue weighted by Crippen LogP contribution is 2.31. The number of anilines is 1. The Labute approximate surface area is 125 Å². The highest BCUT2D eigenvalue weighted by Gasteiger charge is 2.26. The second-order valence-electron chi connectivity index (χ2n) is 4.75. The predicted molar refractivity (Wildman–Crippen MR) is 82.1 cm³/mol. The van der Waals surface area contributed by atoms with Gasteiger partial charge in [-0.05, 0) is 31.9 Å². The second kappa shape index (κ2) is 6.86. The van der Waals surface area contributed by atoms with Crippen LogP contribution in [0.5, 0.6) is 0 Å². The Hall–Kier alpha value is -1.67. The van der Waals surface area contributed by atoms with Gasteiger partial charge in [-0.25, -0.2) is 12.7 Å². The summed E-state index contributed by atoms with van der Waals surface area (Å²) in [5.41, 5.74) is 0.586. The molecule has 118 valence electrons. The third-order valence-electron chi connectivity index (χ3n) is 3.08. The fourth-order valence-corrected chi connectivity index (χ4v) is 3.53. The summed E-state index contributed by atoms with van der Waals surface area (Å²) in [5, 5.41) is 14.0. The Morgan fingerprint density at radius 1 is 1.33 bits per heavy atom. The van der Waals surface area contributed by atoms with Crippen LogP contribution in [0.3, 0.4) is 0 Å². The van der Waals surface area contributed by atoms with E-state index in [1.165, 1.54) is 17.4 Å². The molecule has 0 heterocycles. The average molecular weight is 315 g/mol. The minimum atomic E-state index is -3.72. The minimum absolute atomic E-state index is 0.0215. The van der Waals surface area contributed by atoms with Crippen LogP contribution >= 0.6 is 0 Å². The van der Waals surface area contributed by atoms with Crippen molar-refractivity contribution in [1.29, 1.82) is 0 Å². The molecular weight excluding hydrogens is 294 g/mol. The quantitative estimate of drug-likeness (QED) is 0.616. The first kappa shape index (κ1) is 17.4. The zero-order chi connectivity index (χ0) is 16.2. The summed E-state index contributed by atoms with van der Waals surface area (Å²) in [6.07, 6.45) is 0.673. The third kappa shape index (κ3) is 3.70. The zero-order valence-electron chi connectivity index (χ0n) is 12.7. The van der Waals surface area contributed by atoms with Gasteiger partial charge < -0.3 is 5.32 Å². The lowest BCUT2D eigenvalue weighted by atomic mass is 10.2. The highest BCUT2D eigenvalue weighted by molar-refractivity contribution is 7.89. The van der Waals surface area contributed by atoms with Crippen LogP contribution in [0.1, 0.15) is 25.8 Å². The second-order valence-corrected chi connectivity index (χ2v) is 6.76. The smallest absolute Gasteiger partial charge is 0.293 e. The van der Waals surface area contributed by atoms with Gasteiger partial charge in [0.05, 0.1) is 9.82 Å². The molecule has 0 atom stereocenters. The van der Waals surface area contributed by atoms with Gasteiger partial charge in [-0.15, -0.1) is 0 Å². The number of sulfonamides is 1. The van der Waals surface area contributed by atoms with Gasteiger partial charge in [0.25, 0.3) is 5.69 Å². The van der Waals surface area contributed by atoms with Crippen LogP contribution in [-0.4, -0.2) is 37.8 Å². The molecule has 21 heavy (non-hydrogen) atoms. The minimum Gasteiger partial charge on any atom is -0.380 e. The molecule has 0 saturated carbocycles. The van der Waals surface area contributed by atoms with Crippen LogP contribution in [0.15, 0.2) is 17.0 Å². The van der Waals surface area contributed by atoms with Crippen LogP contribution < -0.4 is 5.32 Å². The van der Waals surface area contributed by atoms with Gasteiger partial charge in [-0.1, -0.05) is 6.92 Å². The van der Waals surface area contributed by atoms with Crippen LogP contribution in [0.25, 0.3) is 0 Å². The van der Waals surface area contributed by atoms with E-state index in [2.05, 4.69) is 5.32 Å². The molecule has 1 N–H and O–H groups in total. The van der Waals surface area contributed by atoms with Crippen LogP contribution in [0.2, 0.25) is 0 Å².